The summed E-state index contributed by atoms with van der Waals surface area (Å²) in [6, 6.07) is 9.95. The molecule has 1 aliphatic rings. The van der Waals surface area contributed by atoms with Crippen LogP contribution in [0.5, 0.6) is 0 Å². The molecule has 1 aromatic heterocycles. The van der Waals surface area contributed by atoms with Crippen molar-refractivity contribution in [3.05, 3.63) is 59.2 Å². The van der Waals surface area contributed by atoms with Crippen LogP contribution in [0.4, 0.5) is 0 Å². The number of benzene rings is 1. The van der Waals surface area contributed by atoms with E-state index < -0.39 is 0 Å². The topological polar surface area (TPSA) is 63.1 Å². The molecule has 2 aromatic rings. The van der Waals surface area contributed by atoms with Gasteiger partial charge >= 0.3 is 0 Å². The van der Waals surface area contributed by atoms with Gasteiger partial charge in [0.1, 0.15) is 5.82 Å². The van der Waals surface area contributed by atoms with Crippen LogP contribution in [0.25, 0.3) is 0 Å². The van der Waals surface area contributed by atoms with Crippen LogP contribution in [0, 0.1) is 0 Å². The fourth-order valence-electron chi connectivity index (χ4n) is 3.48. The Bertz CT molecular complexity index is 808. The first kappa shape index (κ1) is 20.3. The minimum absolute atomic E-state index is 0.0486. The molecular formula is C22H31N5O. The largest absolute Gasteiger partial charge is 0.346 e. The molecule has 150 valence electrons. The van der Waals surface area contributed by atoms with Gasteiger partial charge in [-0.1, -0.05) is 42.0 Å². The predicted molar refractivity (Wildman–Crippen MR) is 111 cm³/mol. The lowest BCUT2D eigenvalue weighted by Crippen LogP contribution is -2.30. The Kier molecular flexibility index (Phi) is 6.98. The van der Waals surface area contributed by atoms with Gasteiger partial charge in [0, 0.05) is 39.0 Å². The van der Waals surface area contributed by atoms with Crippen molar-refractivity contribution in [3.8, 4) is 0 Å². The zero-order chi connectivity index (χ0) is 19.9. The summed E-state index contributed by atoms with van der Waals surface area (Å²) in [5, 5.41) is 11.9. The van der Waals surface area contributed by atoms with E-state index in [1.165, 1.54) is 11.1 Å². The van der Waals surface area contributed by atoms with Crippen molar-refractivity contribution in [1.82, 2.24) is 25.0 Å². The summed E-state index contributed by atoms with van der Waals surface area (Å²) in [5.74, 6) is 1.92. The first-order chi connectivity index (χ1) is 13.5. The van der Waals surface area contributed by atoms with E-state index in [1.807, 2.05) is 25.1 Å². The molecule has 0 fully saturated rings. The highest BCUT2D eigenvalue weighted by Crippen LogP contribution is 2.16. The second-order valence-corrected chi connectivity index (χ2v) is 7.73. The Morgan fingerprint density at radius 1 is 1.18 bits per heavy atom. The lowest BCUT2D eigenvalue weighted by Gasteiger charge is -2.18. The van der Waals surface area contributed by atoms with Crippen LogP contribution in [-0.4, -0.2) is 45.2 Å². The minimum Gasteiger partial charge on any atom is -0.346 e. The summed E-state index contributed by atoms with van der Waals surface area (Å²) < 4.78 is 2.19. The zero-order valence-corrected chi connectivity index (χ0v) is 17.2. The molecule has 1 aliphatic heterocycles. The van der Waals surface area contributed by atoms with Crippen molar-refractivity contribution >= 4 is 5.91 Å². The number of nitrogens with one attached hydrogen (secondary N) is 1. The van der Waals surface area contributed by atoms with Crippen LogP contribution in [0.2, 0.25) is 0 Å². The third-order valence-electron chi connectivity index (χ3n) is 5.15. The molecule has 1 N–H and O–H groups in total. The van der Waals surface area contributed by atoms with E-state index in [9.17, 15) is 4.79 Å². The second-order valence-electron chi connectivity index (χ2n) is 7.73. The number of rotatable bonds is 7. The molecule has 6 nitrogen and oxygen atoms in total. The molecule has 2 heterocycles. The number of allylic oxidation sites excluding steroid dienone is 1. The molecule has 0 saturated carbocycles. The number of aryl methyl sites for hydroxylation is 1. The standard InChI is InChI=1S/C22H31N5O/c1-17(2)11-13-26-14-12-20-24-25-22(27(20)16-15-26)18(3)23-21(28)10-9-19-7-5-4-6-8-19/h4-8,11,18H,9-10,12-16H2,1-3H3,(H,23,28). The van der Waals surface area contributed by atoms with Gasteiger partial charge in [-0.25, -0.2) is 0 Å². The van der Waals surface area contributed by atoms with Gasteiger partial charge in [-0.15, -0.1) is 10.2 Å². The number of aromatic nitrogens is 3. The monoisotopic (exact) mass is 381 g/mol. The van der Waals surface area contributed by atoms with Crippen molar-refractivity contribution in [1.29, 1.82) is 0 Å². The van der Waals surface area contributed by atoms with E-state index >= 15 is 0 Å². The molecule has 0 spiro atoms. The number of carbonyl (C=O) groups excluding carboxylic acids is 1. The minimum atomic E-state index is -0.145. The van der Waals surface area contributed by atoms with Gasteiger partial charge in [0.05, 0.1) is 6.04 Å². The number of amides is 1. The van der Waals surface area contributed by atoms with E-state index in [2.05, 4.69) is 57.0 Å². The van der Waals surface area contributed by atoms with Crippen LogP contribution >= 0.6 is 0 Å². The van der Waals surface area contributed by atoms with Crippen LogP contribution in [0.1, 0.15) is 50.4 Å². The molecule has 1 unspecified atom stereocenters. The highest BCUT2D eigenvalue weighted by atomic mass is 16.1. The Labute approximate surface area is 167 Å². The van der Waals surface area contributed by atoms with E-state index in [-0.39, 0.29) is 11.9 Å². The maximum absolute atomic E-state index is 12.4. The van der Waals surface area contributed by atoms with E-state index in [4.69, 9.17) is 0 Å². The van der Waals surface area contributed by atoms with Crippen molar-refractivity contribution in [2.24, 2.45) is 0 Å². The average Bonchev–Trinajstić information content (AvgIpc) is 2.99. The number of hydrogen-bond acceptors (Lipinski definition) is 4. The third-order valence-corrected chi connectivity index (χ3v) is 5.15. The SMILES string of the molecule is CC(C)=CCN1CCc2nnc(C(C)NC(=O)CCc3ccccc3)n2CC1. The number of carbonyl (C=O) groups is 1. The molecule has 0 saturated heterocycles. The second kappa shape index (κ2) is 9.64. The highest BCUT2D eigenvalue weighted by Gasteiger charge is 2.22. The predicted octanol–water partition coefficient (Wildman–Crippen LogP) is 2.91. The molecule has 3 rings (SSSR count). The van der Waals surface area contributed by atoms with Gasteiger partial charge < -0.3 is 9.88 Å². The number of nitrogens with zero attached hydrogens (tertiary/aromatic N) is 4. The number of hydrogen-bond donors (Lipinski definition) is 1. The molecular weight excluding hydrogens is 350 g/mol. The Morgan fingerprint density at radius 3 is 2.71 bits per heavy atom. The molecule has 6 heteroatoms. The van der Waals surface area contributed by atoms with Crippen molar-refractivity contribution in [2.75, 3.05) is 19.6 Å². The van der Waals surface area contributed by atoms with Gasteiger partial charge in [-0.2, -0.15) is 0 Å². The molecule has 0 bridgehead atoms. The summed E-state index contributed by atoms with van der Waals surface area (Å²) in [7, 11) is 0. The van der Waals surface area contributed by atoms with Gasteiger partial charge in [0.15, 0.2) is 5.82 Å². The van der Waals surface area contributed by atoms with Crippen molar-refractivity contribution in [3.63, 3.8) is 0 Å². The fourth-order valence-corrected chi connectivity index (χ4v) is 3.48. The van der Waals surface area contributed by atoms with E-state index in [0.29, 0.717) is 6.42 Å². The highest BCUT2D eigenvalue weighted by molar-refractivity contribution is 5.76. The van der Waals surface area contributed by atoms with Crippen LogP contribution in [0.15, 0.2) is 42.0 Å². The first-order valence-corrected chi connectivity index (χ1v) is 10.1. The molecule has 1 atom stereocenters. The molecule has 1 amide bonds. The van der Waals surface area contributed by atoms with Gasteiger partial charge in [0.25, 0.3) is 0 Å². The van der Waals surface area contributed by atoms with Crippen LogP contribution in [0.3, 0.4) is 0 Å². The Morgan fingerprint density at radius 2 is 1.96 bits per heavy atom. The first-order valence-electron chi connectivity index (χ1n) is 10.1. The van der Waals surface area contributed by atoms with Crippen LogP contribution in [-0.2, 0) is 24.2 Å². The fraction of sp³-hybridized carbons (Fsp3) is 0.500. The molecule has 0 aliphatic carbocycles. The summed E-state index contributed by atoms with van der Waals surface area (Å²) in [6.45, 7) is 10.0. The van der Waals surface area contributed by atoms with E-state index in [1.54, 1.807) is 0 Å². The summed E-state index contributed by atoms with van der Waals surface area (Å²) >= 11 is 0. The Balaban J connectivity index is 1.56. The number of fused-ring (bicyclic) bond motifs is 1. The molecule has 1 aromatic carbocycles. The average molecular weight is 382 g/mol. The van der Waals surface area contributed by atoms with Crippen molar-refractivity contribution < 1.29 is 4.79 Å². The lowest BCUT2D eigenvalue weighted by molar-refractivity contribution is -0.121. The lowest BCUT2D eigenvalue weighted by atomic mass is 10.1. The van der Waals surface area contributed by atoms with Gasteiger partial charge in [-0.05, 0) is 32.8 Å². The van der Waals surface area contributed by atoms with Crippen molar-refractivity contribution in [2.45, 2.75) is 52.6 Å². The van der Waals surface area contributed by atoms with Crippen LogP contribution < -0.4 is 5.32 Å². The maximum atomic E-state index is 12.4. The van der Waals surface area contributed by atoms with E-state index in [0.717, 1.165) is 50.7 Å². The third kappa shape index (κ3) is 5.52. The molecule has 28 heavy (non-hydrogen) atoms. The maximum Gasteiger partial charge on any atom is 0.220 e. The smallest absolute Gasteiger partial charge is 0.220 e. The normalized spacial score (nSPS) is 15.4. The summed E-state index contributed by atoms with van der Waals surface area (Å²) in [5.41, 5.74) is 2.52. The zero-order valence-electron chi connectivity index (χ0n) is 17.2. The Hall–Kier alpha value is -2.47. The quantitative estimate of drug-likeness (QED) is 0.749. The van der Waals surface area contributed by atoms with Gasteiger partial charge in [0.2, 0.25) is 5.91 Å². The molecule has 0 radical (unpaired) electrons. The van der Waals surface area contributed by atoms with Gasteiger partial charge in [-0.3, -0.25) is 9.69 Å². The summed E-state index contributed by atoms with van der Waals surface area (Å²) in [6.07, 6.45) is 4.38. The summed E-state index contributed by atoms with van der Waals surface area (Å²) in [4.78, 5) is 14.8.